The second kappa shape index (κ2) is 6.73. The van der Waals surface area contributed by atoms with Gasteiger partial charge in [-0.1, -0.05) is 44.2 Å². The van der Waals surface area contributed by atoms with Crippen molar-refractivity contribution in [3.05, 3.63) is 35.9 Å². The van der Waals surface area contributed by atoms with Crippen molar-refractivity contribution in [1.82, 2.24) is 10.2 Å². The van der Waals surface area contributed by atoms with Gasteiger partial charge in [-0.25, -0.2) is 0 Å². The maximum Gasteiger partial charge on any atom is 0.234 e. The van der Waals surface area contributed by atoms with Gasteiger partial charge in [0.1, 0.15) is 6.04 Å². The molecular formula is C17H23N3O. The fraction of sp³-hybridized carbons (Fsp3) is 0.529. The summed E-state index contributed by atoms with van der Waals surface area (Å²) in [7, 11) is 0. The van der Waals surface area contributed by atoms with E-state index >= 15 is 0 Å². The molecule has 1 fully saturated rings. The number of amides is 1. The molecule has 2 rings (SSSR count). The largest absolute Gasteiger partial charge is 0.351 e. The highest BCUT2D eigenvalue weighted by molar-refractivity contribution is 5.78. The van der Waals surface area contributed by atoms with E-state index < -0.39 is 0 Å². The molecule has 0 bridgehead atoms. The Morgan fingerprint density at radius 2 is 2.14 bits per heavy atom. The third-order valence-corrected chi connectivity index (χ3v) is 4.17. The van der Waals surface area contributed by atoms with Crippen LogP contribution in [-0.4, -0.2) is 29.9 Å². The first kappa shape index (κ1) is 15.5. The highest BCUT2D eigenvalue weighted by Crippen LogP contribution is 2.34. The SMILES string of the molecule is CC1(C)CCCN(CC(=O)NCc2ccccc2)[C@@H]1C#N. The van der Waals surface area contributed by atoms with Gasteiger partial charge in [-0.3, -0.25) is 9.69 Å². The lowest BCUT2D eigenvalue weighted by molar-refractivity contribution is -0.123. The molecule has 1 amide bonds. The molecule has 1 aromatic carbocycles. The Bertz CT molecular complexity index is 519. The number of carbonyl (C=O) groups is 1. The van der Waals surface area contributed by atoms with E-state index in [2.05, 4.69) is 25.2 Å². The lowest BCUT2D eigenvalue weighted by Gasteiger charge is -2.42. The number of carbonyl (C=O) groups excluding carboxylic acids is 1. The molecule has 0 spiro atoms. The van der Waals surface area contributed by atoms with Crippen molar-refractivity contribution in [2.45, 2.75) is 39.3 Å². The van der Waals surface area contributed by atoms with E-state index in [1.54, 1.807) is 0 Å². The Morgan fingerprint density at radius 3 is 2.81 bits per heavy atom. The molecular weight excluding hydrogens is 262 g/mol. The lowest BCUT2D eigenvalue weighted by Crippen LogP contribution is -2.52. The standard InChI is InChI=1S/C17H23N3O/c1-17(2)9-6-10-20(15(17)11-18)13-16(21)19-12-14-7-4-3-5-8-14/h3-5,7-8,15H,6,9-10,12-13H2,1-2H3,(H,19,21)/t15-/m1/s1. The van der Waals surface area contributed by atoms with Crippen LogP contribution in [0.5, 0.6) is 0 Å². The van der Waals surface area contributed by atoms with Crippen molar-refractivity contribution < 1.29 is 4.79 Å². The molecule has 0 aliphatic carbocycles. The molecule has 0 saturated carbocycles. The first-order valence-electron chi connectivity index (χ1n) is 7.47. The van der Waals surface area contributed by atoms with Crippen LogP contribution < -0.4 is 5.32 Å². The Kier molecular flexibility index (Phi) is 4.98. The summed E-state index contributed by atoms with van der Waals surface area (Å²) in [5.74, 6) is -0.0168. The molecule has 1 aliphatic rings. The van der Waals surface area contributed by atoms with Crippen molar-refractivity contribution in [1.29, 1.82) is 5.26 Å². The normalized spacial score (nSPS) is 21.5. The van der Waals surface area contributed by atoms with Gasteiger partial charge in [-0.05, 0) is 30.4 Å². The van der Waals surface area contributed by atoms with E-state index in [0.717, 1.165) is 24.9 Å². The number of benzene rings is 1. The Labute approximate surface area is 126 Å². The van der Waals surface area contributed by atoms with Crippen molar-refractivity contribution >= 4 is 5.91 Å². The topological polar surface area (TPSA) is 56.1 Å². The van der Waals surface area contributed by atoms with E-state index in [1.807, 2.05) is 35.2 Å². The van der Waals surface area contributed by atoms with E-state index in [9.17, 15) is 10.1 Å². The summed E-state index contributed by atoms with van der Waals surface area (Å²) in [6.45, 7) is 5.87. The first-order valence-corrected chi connectivity index (χ1v) is 7.47. The molecule has 4 nitrogen and oxygen atoms in total. The molecule has 1 N–H and O–H groups in total. The van der Waals surface area contributed by atoms with Crippen LogP contribution in [0.15, 0.2) is 30.3 Å². The van der Waals surface area contributed by atoms with E-state index in [0.29, 0.717) is 13.1 Å². The molecule has 1 atom stereocenters. The molecule has 21 heavy (non-hydrogen) atoms. The summed E-state index contributed by atoms with van der Waals surface area (Å²) in [6.07, 6.45) is 2.07. The maximum absolute atomic E-state index is 12.1. The third-order valence-electron chi connectivity index (χ3n) is 4.17. The van der Waals surface area contributed by atoms with Gasteiger partial charge < -0.3 is 5.32 Å². The van der Waals surface area contributed by atoms with Gasteiger partial charge >= 0.3 is 0 Å². The van der Waals surface area contributed by atoms with Gasteiger partial charge in [0.05, 0.1) is 12.6 Å². The van der Waals surface area contributed by atoms with Crippen LogP contribution in [0.4, 0.5) is 0 Å². The average molecular weight is 285 g/mol. The van der Waals surface area contributed by atoms with Gasteiger partial charge in [0.15, 0.2) is 0 Å². The summed E-state index contributed by atoms with van der Waals surface area (Å²) in [5, 5.41) is 12.3. The molecule has 1 aliphatic heterocycles. The summed E-state index contributed by atoms with van der Waals surface area (Å²) in [4.78, 5) is 14.1. The fourth-order valence-corrected chi connectivity index (χ4v) is 2.96. The Morgan fingerprint density at radius 1 is 1.43 bits per heavy atom. The fourth-order valence-electron chi connectivity index (χ4n) is 2.96. The van der Waals surface area contributed by atoms with Crippen molar-refractivity contribution in [3.63, 3.8) is 0 Å². The smallest absolute Gasteiger partial charge is 0.234 e. The number of hydrogen-bond acceptors (Lipinski definition) is 3. The van der Waals surface area contributed by atoms with Crippen LogP contribution in [0, 0.1) is 16.7 Å². The second-order valence-electron chi connectivity index (χ2n) is 6.36. The first-order chi connectivity index (χ1) is 10.0. The van der Waals surface area contributed by atoms with Crippen LogP contribution in [0.25, 0.3) is 0 Å². The molecule has 1 saturated heterocycles. The molecule has 0 aromatic heterocycles. The van der Waals surface area contributed by atoms with Gasteiger partial charge in [-0.15, -0.1) is 0 Å². The zero-order chi connectivity index (χ0) is 15.3. The highest BCUT2D eigenvalue weighted by atomic mass is 16.2. The summed E-state index contributed by atoms with van der Waals surface area (Å²) in [5.41, 5.74) is 1.04. The molecule has 0 radical (unpaired) electrons. The number of likely N-dealkylation sites (tertiary alicyclic amines) is 1. The van der Waals surface area contributed by atoms with Crippen LogP contribution in [0.1, 0.15) is 32.3 Å². The third kappa shape index (κ3) is 4.05. The van der Waals surface area contributed by atoms with E-state index in [1.165, 1.54) is 0 Å². The Balaban J connectivity index is 1.88. The van der Waals surface area contributed by atoms with E-state index in [-0.39, 0.29) is 17.4 Å². The minimum absolute atomic E-state index is 0.0168. The van der Waals surface area contributed by atoms with Crippen molar-refractivity contribution in [2.24, 2.45) is 5.41 Å². The lowest BCUT2D eigenvalue weighted by atomic mass is 9.77. The van der Waals surface area contributed by atoms with Crippen LogP contribution in [0.2, 0.25) is 0 Å². The van der Waals surface area contributed by atoms with Gasteiger partial charge in [0.25, 0.3) is 0 Å². The number of piperidine rings is 1. The van der Waals surface area contributed by atoms with Gasteiger partial charge in [-0.2, -0.15) is 5.26 Å². The molecule has 4 heteroatoms. The maximum atomic E-state index is 12.1. The molecule has 1 heterocycles. The second-order valence-corrected chi connectivity index (χ2v) is 6.36. The zero-order valence-electron chi connectivity index (χ0n) is 12.8. The van der Waals surface area contributed by atoms with Gasteiger partial charge in [0, 0.05) is 6.54 Å². The monoisotopic (exact) mass is 285 g/mol. The van der Waals surface area contributed by atoms with Crippen LogP contribution >= 0.6 is 0 Å². The summed E-state index contributed by atoms with van der Waals surface area (Å²) < 4.78 is 0. The number of nitriles is 1. The predicted molar refractivity (Wildman–Crippen MR) is 82.3 cm³/mol. The summed E-state index contributed by atoms with van der Waals surface area (Å²) >= 11 is 0. The highest BCUT2D eigenvalue weighted by Gasteiger charge is 2.38. The molecule has 1 aromatic rings. The quantitative estimate of drug-likeness (QED) is 0.923. The van der Waals surface area contributed by atoms with Gasteiger partial charge in [0.2, 0.25) is 5.91 Å². The number of nitrogens with one attached hydrogen (secondary N) is 1. The average Bonchev–Trinajstić information content (AvgIpc) is 2.46. The van der Waals surface area contributed by atoms with Crippen molar-refractivity contribution in [3.8, 4) is 6.07 Å². The van der Waals surface area contributed by atoms with E-state index in [4.69, 9.17) is 0 Å². The minimum atomic E-state index is -0.186. The van der Waals surface area contributed by atoms with Crippen molar-refractivity contribution in [2.75, 3.05) is 13.1 Å². The summed E-state index contributed by atoms with van der Waals surface area (Å²) in [6, 6.07) is 12.0. The predicted octanol–water partition coefficient (Wildman–Crippen LogP) is 2.32. The molecule has 112 valence electrons. The molecule has 0 unspecified atom stereocenters. The number of nitrogens with zero attached hydrogens (tertiary/aromatic N) is 2. The van der Waals surface area contributed by atoms with Crippen LogP contribution in [-0.2, 0) is 11.3 Å². The van der Waals surface area contributed by atoms with Crippen LogP contribution in [0.3, 0.4) is 0 Å². The zero-order valence-corrected chi connectivity index (χ0v) is 12.8. The number of hydrogen-bond donors (Lipinski definition) is 1. The minimum Gasteiger partial charge on any atom is -0.351 e. The Hall–Kier alpha value is -1.86. The number of rotatable bonds is 4.